The van der Waals surface area contributed by atoms with E-state index >= 15 is 0 Å². The number of carbonyl (C=O) groups excluding carboxylic acids is 1. The number of nitro groups is 1. The number of nitrogens with two attached hydrogens (primary N) is 1. The van der Waals surface area contributed by atoms with Crippen LogP contribution >= 0.6 is 11.3 Å². The van der Waals surface area contributed by atoms with Crippen LogP contribution in [0.3, 0.4) is 0 Å². The van der Waals surface area contributed by atoms with Gasteiger partial charge in [-0.15, -0.1) is 0 Å². The van der Waals surface area contributed by atoms with Crippen molar-refractivity contribution in [1.82, 2.24) is 4.57 Å². The first-order valence-corrected chi connectivity index (χ1v) is 10.6. The van der Waals surface area contributed by atoms with Gasteiger partial charge in [0, 0.05) is 31.4 Å². The molecule has 10 nitrogen and oxygen atoms in total. The van der Waals surface area contributed by atoms with Gasteiger partial charge in [-0.3, -0.25) is 14.9 Å². The lowest BCUT2D eigenvalue weighted by Gasteiger charge is -2.05. The van der Waals surface area contributed by atoms with Gasteiger partial charge in [0.05, 0.1) is 26.6 Å². The predicted molar refractivity (Wildman–Crippen MR) is 106 cm³/mol. The van der Waals surface area contributed by atoms with Crippen LogP contribution in [0.2, 0.25) is 0 Å². The normalized spacial score (nSPS) is 12.4. The molecule has 0 atom stereocenters. The molecule has 0 saturated carbocycles. The van der Waals surface area contributed by atoms with Crippen LogP contribution in [0.15, 0.2) is 52.4 Å². The SMILES string of the molecule is COCCn1c(=NC(=O)c2cccc([N+](=O)[O-])c2)sc2cc(S(N)(=O)=O)ccc21. The van der Waals surface area contributed by atoms with Gasteiger partial charge in [0.15, 0.2) is 4.80 Å². The van der Waals surface area contributed by atoms with Crippen molar-refractivity contribution in [1.29, 1.82) is 0 Å². The zero-order chi connectivity index (χ0) is 21.2. The monoisotopic (exact) mass is 436 g/mol. The number of aromatic nitrogens is 1. The number of hydrogen-bond donors (Lipinski definition) is 1. The van der Waals surface area contributed by atoms with Crippen LogP contribution < -0.4 is 9.94 Å². The minimum atomic E-state index is -3.88. The van der Waals surface area contributed by atoms with Crippen molar-refractivity contribution >= 4 is 43.2 Å². The number of primary sulfonamides is 1. The second-order valence-electron chi connectivity index (χ2n) is 5.93. The van der Waals surface area contributed by atoms with Crippen molar-refractivity contribution in [2.45, 2.75) is 11.4 Å². The summed E-state index contributed by atoms with van der Waals surface area (Å²) < 4.78 is 30.6. The first-order chi connectivity index (χ1) is 13.7. The minimum Gasteiger partial charge on any atom is -0.383 e. The summed E-state index contributed by atoms with van der Waals surface area (Å²) in [5.74, 6) is -0.655. The number of sulfonamides is 1. The highest BCUT2D eigenvalue weighted by Gasteiger charge is 2.15. The van der Waals surface area contributed by atoms with Crippen LogP contribution in [0.5, 0.6) is 0 Å². The van der Waals surface area contributed by atoms with E-state index in [1.807, 2.05) is 0 Å². The van der Waals surface area contributed by atoms with E-state index in [-0.39, 0.29) is 16.1 Å². The third-order valence-electron chi connectivity index (χ3n) is 4.00. The molecule has 0 aliphatic rings. The van der Waals surface area contributed by atoms with Crippen molar-refractivity contribution in [3.63, 3.8) is 0 Å². The van der Waals surface area contributed by atoms with Crippen molar-refractivity contribution in [3.8, 4) is 0 Å². The Labute approximate surface area is 169 Å². The summed E-state index contributed by atoms with van der Waals surface area (Å²) in [5, 5.41) is 16.1. The molecule has 0 fully saturated rings. The van der Waals surface area contributed by atoms with E-state index in [9.17, 15) is 23.3 Å². The Kier molecular flexibility index (Phi) is 5.88. The van der Waals surface area contributed by atoms with Crippen LogP contribution in [-0.4, -0.2) is 37.5 Å². The number of thiazole rings is 1. The fourth-order valence-electron chi connectivity index (χ4n) is 2.62. The summed E-state index contributed by atoms with van der Waals surface area (Å²) in [7, 11) is -2.36. The number of rotatable bonds is 6. The largest absolute Gasteiger partial charge is 0.383 e. The number of hydrogen-bond acceptors (Lipinski definition) is 7. The van der Waals surface area contributed by atoms with E-state index in [2.05, 4.69) is 4.99 Å². The van der Waals surface area contributed by atoms with Crippen molar-refractivity contribution < 1.29 is 22.9 Å². The fraction of sp³-hybridized carbons (Fsp3) is 0.176. The molecular formula is C17H16N4O6S2. The molecule has 0 bridgehead atoms. The van der Waals surface area contributed by atoms with Crippen LogP contribution in [0.1, 0.15) is 10.4 Å². The van der Waals surface area contributed by atoms with Crippen LogP contribution in [0, 0.1) is 10.1 Å². The Hall–Kier alpha value is -2.93. The molecule has 29 heavy (non-hydrogen) atoms. The molecule has 0 aliphatic heterocycles. The molecule has 1 amide bonds. The molecule has 12 heteroatoms. The fourth-order valence-corrected chi connectivity index (χ4v) is 4.33. The molecule has 3 rings (SSSR count). The Morgan fingerprint density at radius 2 is 2.07 bits per heavy atom. The van der Waals surface area contributed by atoms with E-state index in [1.54, 1.807) is 10.6 Å². The second kappa shape index (κ2) is 8.21. The lowest BCUT2D eigenvalue weighted by atomic mass is 10.2. The number of amides is 1. The van der Waals surface area contributed by atoms with Gasteiger partial charge in [0.25, 0.3) is 11.6 Å². The molecule has 3 aromatic rings. The van der Waals surface area contributed by atoms with Gasteiger partial charge in [-0.2, -0.15) is 4.99 Å². The van der Waals surface area contributed by atoms with Crippen LogP contribution in [0.4, 0.5) is 5.69 Å². The third kappa shape index (κ3) is 4.56. The quantitative estimate of drug-likeness (QED) is 0.459. The summed E-state index contributed by atoms with van der Waals surface area (Å²) in [5.41, 5.74) is 0.512. The van der Waals surface area contributed by atoms with Crippen LogP contribution in [-0.2, 0) is 21.3 Å². The Balaban J connectivity index is 2.14. The summed E-state index contributed by atoms with van der Waals surface area (Å²) in [4.78, 5) is 27.3. The first kappa shape index (κ1) is 20.8. The summed E-state index contributed by atoms with van der Waals surface area (Å²) in [6, 6.07) is 9.64. The highest BCUT2D eigenvalue weighted by molar-refractivity contribution is 7.89. The Morgan fingerprint density at radius 1 is 1.31 bits per heavy atom. The maximum Gasteiger partial charge on any atom is 0.279 e. The molecule has 1 heterocycles. The van der Waals surface area contributed by atoms with Gasteiger partial charge >= 0.3 is 0 Å². The first-order valence-electron chi connectivity index (χ1n) is 8.19. The van der Waals surface area contributed by atoms with E-state index < -0.39 is 20.9 Å². The molecule has 152 valence electrons. The van der Waals surface area contributed by atoms with E-state index in [0.29, 0.717) is 28.2 Å². The average Bonchev–Trinajstić information content (AvgIpc) is 3.01. The number of fused-ring (bicyclic) bond motifs is 1. The summed E-state index contributed by atoms with van der Waals surface area (Å²) >= 11 is 1.10. The number of ether oxygens (including phenoxy) is 1. The highest BCUT2D eigenvalue weighted by Crippen LogP contribution is 2.21. The molecule has 0 spiro atoms. The standard InChI is InChI=1S/C17H16N4O6S2/c1-27-8-7-20-14-6-5-13(29(18,25)26)10-15(14)28-17(20)19-16(22)11-3-2-4-12(9-11)21(23)24/h2-6,9-10H,7-8H2,1H3,(H2,18,25,26). The summed E-state index contributed by atoms with van der Waals surface area (Å²) in [6.45, 7) is 0.702. The number of nitro benzene ring substituents is 1. The average molecular weight is 436 g/mol. The molecule has 1 aromatic heterocycles. The van der Waals surface area contributed by atoms with Gasteiger partial charge in [0.2, 0.25) is 10.0 Å². The number of benzene rings is 2. The molecule has 0 radical (unpaired) electrons. The lowest BCUT2D eigenvalue weighted by molar-refractivity contribution is -0.384. The summed E-state index contributed by atoms with van der Waals surface area (Å²) in [6.07, 6.45) is 0. The predicted octanol–water partition coefficient (Wildman–Crippen LogP) is 1.65. The number of carbonyl (C=O) groups is 1. The third-order valence-corrected chi connectivity index (χ3v) is 5.96. The number of methoxy groups -OCH3 is 1. The van der Waals surface area contributed by atoms with Crippen molar-refractivity contribution in [3.05, 3.63) is 62.9 Å². The van der Waals surface area contributed by atoms with E-state index in [0.717, 1.165) is 17.4 Å². The van der Waals surface area contributed by atoms with Crippen LogP contribution in [0.25, 0.3) is 10.2 Å². The molecular weight excluding hydrogens is 420 g/mol. The zero-order valence-electron chi connectivity index (χ0n) is 15.1. The van der Waals surface area contributed by atoms with E-state index in [4.69, 9.17) is 9.88 Å². The van der Waals surface area contributed by atoms with E-state index in [1.165, 1.54) is 37.4 Å². The highest BCUT2D eigenvalue weighted by atomic mass is 32.2. The maximum atomic E-state index is 12.6. The molecule has 0 aliphatic carbocycles. The van der Waals surface area contributed by atoms with Gasteiger partial charge in [-0.25, -0.2) is 13.6 Å². The molecule has 2 N–H and O–H groups in total. The van der Waals surface area contributed by atoms with Gasteiger partial charge < -0.3 is 9.30 Å². The van der Waals surface area contributed by atoms with Crippen molar-refractivity contribution in [2.24, 2.45) is 10.1 Å². The topological polar surface area (TPSA) is 147 Å². The lowest BCUT2D eigenvalue weighted by Crippen LogP contribution is -2.19. The van der Waals surface area contributed by atoms with Gasteiger partial charge in [-0.05, 0) is 24.3 Å². The minimum absolute atomic E-state index is 0.0540. The van der Waals surface area contributed by atoms with Crippen molar-refractivity contribution in [2.75, 3.05) is 13.7 Å². The van der Waals surface area contributed by atoms with Gasteiger partial charge in [-0.1, -0.05) is 17.4 Å². The molecule has 0 saturated heterocycles. The number of non-ortho nitro benzene ring substituents is 1. The Morgan fingerprint density at radius 3 is 2.72 bits per heavy atom. The number of nitrogens with zero attached hydrogens (tertiary/aromatic N) is 3. The maximum absolute atomic E-state index is 12.6. The second-order valence-corrected chi connectivity index (χ2v) is 8.50. The smallest absolute Gasteiger partial charge is 0.279 e. The molecule has 0 unspecified atom stereocenters. The Bertz CT molecular complexity index is 1280. The molecule has 2 aromatic carbocycles. The zero-order valence-corrected chi connectivity index (χ0v) is 16.8. The van der Waals surface area contributed by atoms with Gasteiger partial charge in [0.1, 0.15) is 0 Å².